The number of nitrogens with one attached hydrogen (secondary N) is 2. The van der Waals surface area contributed by atoms with Gasteiger partial charge in [0.15, 0.2) is 11.6 Å². The third kappa shape index (κ3) is 3.51. The van der Waals surface area contributed by atoms with Gasteiger partial charge < -0.3 is 19.7 Å². The molecule has 9 heteroatoms. The molecule has 23 heavy (non-hydrogen) atoms. The first-order valence-corrected chi connectivity index (χ1v) is 6.80. The van der Waals surface area contributed by atoms with Crippen LogP contribution in [0.3, 0.4) is 0 Å². The van der Waals surface area contributed by atoms with E-state index in [1.54, 1.807) is 32.9 Å². The van der Waals surface area contributed by atoms with Crippen LogP contribution in [0.15, 0.2) is 27.2 Å². The average molecular weight is 314 g/mol. The maximum Gasteiger partial charge on any atom is 0.275 e. The lowest BCUT2D eigenvalue weighted by Gasteiger charge is -2.06. The normalized spacial score (nSPS) is 10.6. The molecule has 0 unspecified atom stereocenters. The zero-order valence-electron chi connectivity index (χ0n) is 12.7. The van der Waals surface area contributed by atoms with Crippen LogP contribution in [0, 0.1) is 20.8 Å². The highest BCUT2D eigenvalue weighted by atomic mass is 16.5. The summed E-state index contributed by atoms with van der Waals surface area (Å²) < 4.78 is 9.87. The smallest absolute Gasteiger partial charge is 0.275 e. The van der Waals surface area contributed by atoms with E-state index in [0.717, 1.165) is 0 Å². The van der Waals surface area contributed by atoms with Crippen molar-refractivity contribution in [3.05, 3.63) is 41.2 Å². The fourth-order valence-corrected chi connectivity index (χ4v) is 1.91. The molecular formula is C14H14N6O3. The molecule has 0 aliphatic heterocycles. The number of nitrogens with zero attached hydrogens (tertiary/aromatic N) is 4. The molecule has 0 spiro atoms. The quantitative estimate of drug-likeness (QED) is 0.753. The molecule has 118 valence electrons. The van der Waals surface area contributed by atoms with Crippen molar-refractivity contribution in [3.63, 3.8) is 0 Å². The standard InChI is InChI=1S/C14H14N6O3/c1-7-4-12(19-22-7)17-11-6-10(15-9(3)16-11)14(21)18-13-5-8(2)23-20-13/h4-6H,1-3H3,(H,18,20,21)(H,15,16,17,19). The highest BCUT2D eigenvalue weighted by molar-refractivity contribution is 6.02. The topological polar surface area (TPSA) is 119 Å². The van der Waals surface area contributed by atoms with Crippen LogP contribution in [0.1, 0.15) is 27.8 Å². The number of carbonyl (C=O) groups is 1. The van der Waals surface area contributed by atoms with Crippen molar-refractivity contribution >= 4 is 23.4 Å². The van der Waals surface area contributed by atoms with Crippen molar-refractivity contribution in [2.45, 2.75) is 20.8 Å². The lowest BCUT2D eigenvalue weighted by atomic mass is 10.3. The van der Waals surface area contributed by atoms with Crippen molar-refractivity contribution in [1.82, 2.24) is 20.3 Å². The van der Waals surface area contributed by atoms with E-state index in [-0.39, 0.29) is 5.69 Å². The lowest BCUT2D eigenvalue weighted by molar-refractivity contribution is 0.102. The fourth-order valence-electron chi connectivity index (χ4n) is 1.91. The predicted molar refractivity (Wildman–Crippen MR) is 80.5 cm³/mol. The summed E-state index contributed by atoms with van der Waals surface area (Å²) in [6.45, 7) is 5.21. The second-order valence-electron chi connectivity index (χ2n) is 4.91. The number of hydrogen-bond donors (Lipinski definition) is 2. The van der Waals surface area contributed by atoms with Crippen molar-refractivity contribution in [3.8, 4) is 0 Å². The number of rotatable bonds is 4. The molecular weight excluding hydrogens is 300 g/mol. The second kappa shape index (κ2) is 5.87. The van der Waals surface area contributed by atoms with E-state index in [4.69, 9.17) is 9.05 Å². The zero-order valence-corrected chi connectivity index (χ0v) is 12.7. The van der Waals surface area contributed by atoms with Gasteiger partial charge in [-0.1, -0.05) is 10.3 Å². The summed E-state index contributed by atoms with van der Waals surface area (Å²) in [5, 5.41) is 13.1. The molecule has 1 amide bonds. The van der Waals surface area contributed by atoms with E-state index < -0.39 is 5.91 Å². The summed E-state index contributed by atoms with van der Waals surface area (Å²) in [5.41, 5.74) is 0.195. The third-order valence-corrected chi connectivity index (χ3v) is 2.82. The zero-order chi connectivity index (χ0) is 16.4. The van der Waals surface area contributed by atoms with Gasteiger partial charge in [0.25, 0.3) is 5.91 Å². The number of hydrogen-bond acceptors (Lipinski definition) is 8. The van der Waals surface area contributed by atoms with Crippen molar-refractivity contribution in [2.75, 3.05) is 10.6 Å². The highest BCUT2D eigenvalue weighted by Gasteiger charge is 2.13. The molecule has 3 heterocycles. The minimum Gasteiger partial charge on any atom is -0.360 e. The molecule has 9 nitrogen and oxygen atoms in total. The number of amides is 1. The van der Waals surface area contributed by atoms with Crippen LogP contribution in [0.5, 0.6) is 0 Å². The highest BCUT2D eigenvalue weighted by Crippen LogP contribution is 2.16. The first-order valence-electron chi connectivity index (χ1n) is 6.80. The summed E-state index contributed by atoms with van der Waals surface area (Å²) in [4.78, 5) is 20.6. The van der Waals surface area contributed by atoms with Crippen LogP contribution >= 0.6 is 0 Å². The van der Waals surface area contributed by atoms with Crippen LogP contribution in [0.4, 0.5) is 17.5 Å². The van der Waals surface area contributed by atoms with E-state index in [2.05, 4.69) is 30.9 Å². The van der Waals surface area contributed by atoms with Gasteiger partial charge in [-0.25, -0.2) is 9.97 Å². The van der Waals surface area contributed by atoms with Crippen LogP contribution in [0.25, 0.3) is 0 Å². The molecule has 0 saturated heterocycles. The van der Waals surface area contributed by atoms with Gasteiger partial charge in [-0.15, -0.1) is 0 Å². The van der Waals surface area contributed by atoms with Crippen molar-refractivity contribution in [2.24, 2.45) is 0 Å². The van der Waals surface area contributed by atoms with Gasteiger partial charge in [-0.2, -0.15) is 0 Å². The van der Waals surface area contributed by atoms with E-state index >= 15 is 0 Å². The third-order valence-electron chi connectivity index (χ3n) is 2.82. The van der Waals surface area contributed by atoms with Crippen LogP contribution in [0.2, 0.25) is 0 Å². The van der Waals surface area contributed by atoms with Crippen LogP contribution in [-0.4, -0.2) is 26.2 Å². The molecule has 0 radical (unpaired) electrons. The Labute approximate surface area is 131 Å². The molecule has 0 saturated carbocycles. The Bertz CT molecular complexity index is 854. The Balaban J connectivity index is 1.80. The second-order valence-corrected chi connectivity index (χ2v) is 4.91. The van der Waals surface area contributed by atoms with E-state index in [1.165, 1.54) is 6.07 Å². The molecule has 0 aliphatic rings. The minimum atomic E-state index is -0.414. The van der Waals surface area contributed by atoms with Gasteiger partial charge in [0, 0.05) is 18.2 Å². The number of aromatic nitrogens is 4. The predicted octanol–water partition coefficient (Wildman–Crippen LogP) is 2.37. The van der Waals surface area contributed by atoms with Gasteiger partial charge in [0.2, 0.25) is 0 Å². The fraction of sp³-hybridized carbons (Fsp3) is 0.214. The van der Waals surface area contributed by atoms with E-state index in [1.807, 2.05) is 0 Å². The summed E-state index contributed by atoms with van der Waals surface area (Å²) in [6, 6.07) is 4.85. The molecule has 3 rings (SSSR count). The van der Waals surface area contributed by atoms with Gasteiger partial charge in [0.05, 0.1) is 0 Å². The van der Waals surface area contributed by atoms with Crippen LogP contribution < -0.4 is 10.6 Å². The molecule has 0 aliphatic carbocycles. The SMILES string of the molecule is Cc1nc(Nc2cc(C)on2)cc(C(=O)Nc2cc(C)on2)n1. The summed E-state index contributed by atoms with van der Waals surface area (Å²) >= 11 is 0. The molecule has 0 fully saturated rings. The van der Waals surface area contributed by atoms with Gasteiger partial charge >= 0.3 is 0 Å². The van der Waals surface area contributed by atoms with Gasteiger partial charge in [-0.05, 0) is 20.8 Å². The Morgan fingerprint density at radius 3 is 2.17 bits per heavy atom. The maximum atomic E-state index is 12.2. The number of anilines is 3. The molecule has 2 N–H and O–H groups in total. The number of carbonyl (C=O) groups excluding carboxylic acids is 1. The Kier molecular flexibility index (Phi) is 3.75. The van der Waals surface area contributed by atoms with E-state index in [9.17, 15) is 4.79 Å². The summed E-state index contributed by atoms with van der Waals surface area (Å²) in [7, 11) is 0. The molecule has 0 bridgehead atoms. The molecule has 0 aromatic carbocycles. The molecule has 0 atom stereocenters. The first kappa shape index (κ1) is 14.7. The monoisotopic (exact) mass is 314 g/mol. The van der Waals surface area contributed by atoms with Crippen LogP contribution in [-0.2, 0) is 0 Å². The summed E-state index contributed by atoms with van der Waals surface area (Å²) in [6.07, 6.45) is 0. The largest absolute Gasteiger partial charge is 0.360 e. The Morgan fingerprint density at radius 2 is 1.57 bits per heavy atom. The average Bonchev–Trinajstić information content (AvgIpc) is 3.07. The van der Waals surface area contributed by atoms with Gasteiger partial charge in [0.1, 0.15) is 28.9 Å². The first-order chi connectivity index (χ1) is 11.0. The maximum absolute atomic E-state index is 12.2. The molecule has 3 aromatic heterocycles. The summed E-state index contributed by atoms with van der Waals surface area (Å²) in [5.74, 6) is 2.55. The van der Waals surface area contributed by atoms with E-state index in [0.29, 0.717) is 34.8 Å². The number of aryl methyl sites for hydroxylation is 3. The Hall–Kier alpha value is -3.23. The minimum absolute atomic E-state index is 0.195. The Morgan fingerprint density at radius 1 is 0.913 bits per heavy atom. The van der Waals surface area contributed by atoms with Gasteiger partial charge in [-0.3, -0.25) is 4.79 Å². The lowest BCUT2D eigenvalue weighted by Crippen LogP contribution is -2.15. The van der Waals surface area contributed by atoms with Crippen molar-refractivity contribution < 1.29 is 13.8 Å². The molecule has 3 aromatic rings. The van der Waals surface area contributed by atoms with Crippen molar-refractivity contribution in [1.29, 1.82) is 0 Å².